The quantitative estimate of drug-likeness (QED) is 0.106. The summed E-state index contributed by atoms with van der Waals surface area (Å²) >= 11 is 2.83. The summed E-state index contributed by atoms with van der Waals surface area (Å²) in [4.78, 5) is 44.7. The highest BCUT2D eigenvalue weighted by atomic mass is 32.2. The lowest BCUT2D eigenvalue weighted by Crippen LogP contribution is -2.30. The van der Waals surface area contributed by atoms with E-state index >= 15 is 0 Å². The largest absolute Gasteiger partial charge is 0.436 e. The Bertz CT molecular complexity index is 1940. The van der Waals surface area contributed by atoms with Crippen molar-refractivity contribution in [2.45, 2.75) is 4.90 Å². The predicted molar refractivity (Wildman–Crippen MR) is 180 cm³/mol. The number of rotatable bonds is 10. The SMILES string of the molecule is O=C(CSc1ccc(NC(=O)/C(=C/c2cccs2)NC(=O)c2ccccc2)cc1)Nc1ccc(-c2nc3ccccc3o2)cc1. The Morgan fingerprint density at radius 2 is 1.49 bits per heavy atom. The highest BCUT2D eigenvalue weighted by Gasteiger charge is 2.16. The molecular weight excluding hydrogens is 605 g/mol. The molecule has 3 amide bonds. The zero-order valence-electron chi connectivity index (χ0n) is 23.7. The average Bonchev–Trinajstić information content (AvgIpc) is 3.75. The van der Waals surface area contributed by atoms with Gasteiger partial charge in [0.15, 0.2) is 5.58 Å². The molecule has 0 saturated carbocycles. The fraction of sp³-hybridized carbons (Fsp3) is 0.0286. The molecule has 0 spiro atoms. The van der Waals surface area contributed by atoms with Crippen LogP contribution >= 0.6 is 23.1 Å². The predicted octanol–water partition coefficient (Wildman–Crippen LogP) is 7.70. The van der Waals surface area contributed by atoms with E-state index in [9.17, 15) is 14.4 Å². The molecule has 10 heteroatoms. The normalized spacial score (nSPS) is 11.2. The number of amides is 3. The minimum atomic E-state index is -0.449. The number of carbonyl (C=O) groups is 3. The molecule has 0 atom stereocenters. The number of anilines is 2. The van der Waals surface area contributed by atoms with Crippen molar-refractivity contribution in [3.8, 4) is 11.5 Å². The molecule has 0 saturated heterocycles. The standard InChI is InChI=1S/C35H26N4O4S2/c40-32(36-25-14-12-24(13-15-25)35-39-29-10-4-5-11-31(29)43-35)22-45-27-18-16-26(17-19-27)37-34(42)30(21-28-9-6-20-44-28)38-33(41)23-7-2-1-3-8-23/h1-21H,22H2,(H,36,40)(H,37,42)(H,38,41)/b30-21-. The topological polar surface area (TPSA) is 113 Å². The van der Waals surface area contributed by atoms with Crippen LogP contribution in [0.25, 0.3) is 28.6 Å². The maximum absolute atomic E-state index is 13.2. The number of fused-ring (bicyclic) bond motifs is 1. The van der Waals surface area contributed by atoms with Crippen molar-refractivity contribution in [1.29, 1.82) is 0 Å². The monoisotopic (exact) mass is 630 g/mol. The van der Waals surface area contributed by atoms with E-state index in [1.807, 2.05) is 84.2 Å². The Morgan fingerprint density at radius 1 is 0.778 bits per heavy atom. The fourth-order valence-electron chi connectivity index (χ4n) is 4.33. The fourth-order valence-corrected chi connectivity index (χ4v) is 5.68. The van der Waals surface area contributed by atoms with Gasteiger partial charge in [-0.3, -0.25) is 14.4 Å². The number of nitrogens with one attached hydrogen (secondary N) is 3. The van der Waals surface area contributed by atoms with Gasteiger partial charge in [0.25, 0.3) is 11.8 Å². The molecular formula is C35H26N4O4S2. The van der Waals surface area contributed by atoms with Gasteiger partial charge in [-0.2, -0.15) is 0 Å². The Balaban J connectivity index is 1.02. The first-order valence-electron chi connectivity index (χ1n) is 13.9. The van der Waals surface area contributed by atoms with Crippen LogP contribution in [0.2, 0.25) is 0 Å². The van der Waals surface area contributed by atoms with Crippen LogP contribution in [0.3, 0.4) is 0 Å². The molecule has 6 aromatic rings. The Hall–Kier alpha value is -5.45. The van der Waals surface area contributed by atoms with Gasteiger partial charge >= 0.3 is 0 Å². The zero-order valence-corrected chi connectivity index (χ0v) is 25.4. The molecule has 0 fully saturated rings. The van der Waals surface area contributed by atoms with Crippen LogP contribution in [0.4, 0.5) is 11.4 Å². The summed E-state index contributed by atoms with van der Waals surface area (Å²) in [7, 11) is 0. The van der Waals surface area contributed by atoms with Crippen LogP contribution in [0, 0.1) is 0 Å². The molecule has 0 unspecified atom stereocenters. The van der Waals surface area contributed by atoms with Gasteiger partial charge in [0.1, 0.15) is 11.2 Å². The third-order valence-electron chi connectivity index (χ3n) is 6.55. The summed E-state index contributed by atoms with van der Waals surface area (Å²) in [6.45, 7) is 0. The number of benzene rings is 4. The molecule has 6 rings (SSSR count). The average molecular weight is 631 g/mol. The second-order valence-electron chi connectivity index (χ2n) is 9.77. The Morgan fingerprint density at radius 3 is 2.22 bits per heavy atom. The number of hydrogen-bond acceptors (Lipinski definition) is 7. The van der Waals surface area contributed by atoms with Crippen LogP contribution in [0.5, 0.6) is 0 Å². The third kappa shape index (κ3) is 7.74. The molecule has 0 aliphatic rings. The van der Waals surface area contributed by atoms with E-state index < -0.39 is 5.91 Å². The van der Waals surface area contributed by atoms with E-state index in [2.05, 4.69) is 20.9 Å². The second kappa shape index (κ2) is 13.9. The van der Waals surface area contributed by atoms with E-state index in [4.69, 9.17) is 4.42 Å². The van der Waals surface area contributed by atoms with Crippen molar-refractivity contribution in [3.05, 3.63) is 137 Å². The van der Waals surface area contributed by atoms with E-state index in [1.165, 1.54) is 23.1 Å². The summed E-state index contributed by atoms with van der Waals surface area (Å²) in [5, 5.41) is 10.4. The third-order valence-corrected chi connectivity index (χ3v) is 8.38. The van der Waals surface area contributed by atoms with E-state index in [0.29, 0.717) is 22.8 Å². The Labute approximate surface area is 267 Å². The van der Waals surface area contributed by atoms with Gasteiger partial charge in [-0.15, -0.1) is 23.1 Å². The van der Waals surface area contributed by atoms with Crippen LogP contribution in [-0.4, -0.2) is 28.5 Å². The van der Waals surface area contributed by atoms with Gasteiger partial charge in [0.05, 0.1) is 5.75 Å². The molecule has 0 radical (unpaired) electrons. The zero-order chi connectivity index (χ0) is 31.0. The molecule has 4 aromatic carbocycles. The van der Waals surface area contributed by atoms with Gasteiger partial charge in [0.2, 0.25) is 11.8 Å². The number of hydrogen-bond donors (Lipinski definition) is 3. The van der Waals surface area contributed by atoms with Crippen molar-refractivity contribution in [3.63, 3.8) is 0 Å². The molecule has 2 heterocycles. The number of para-hydroxylation sites is 2. The first kappa shape index (κ1) is 29.6. The van der Waals surface area contributed by atoms with Crippen LogP contribution < -0.4 is 16.0 Å². The molecule has 8 nitrogen and oxygen atoms in total. The minimum Gasteiger partial charge on any atom is -0.436 e. The number of nitrogens with zero attached hydrogens (tertiary/aromatic N) is 1. The lowest BCUT2D eigenvalue weighted by atomic mass is 10.2. The number of carbonyl (C=O) groups excluding carboxylic acids is 3. The number of thioether (sulfide) groups is 1. The molecule has 222 valence electrons. The van der Waals surface area contributed by atoms with E-state index in [-0.39, 0.29) is 23.3 Å². The second-order valence-corrected chi connectivity index (χ2v) is 11.8. The summed E-state index contributed by atoms with van der Waals surface area (Å²) < 4.78 is 5.81. The minimum absolute atomic E-state index is 0.128. The van der Waals surface area contributed by atoms with Crippen LogP contribution in [-0.2, 0) is 9.59 Å². The van der Waals surface area contributed by atoms with E-state index in [0.717, 1.165) is 26.4 Å². The van der Waals surface area contributed by atoms with Crippen LogP contribution in [0.1, 0.15) is 15.2 Å². The smallest absolute Gasteiger partial charge is 0.272 e. The van der Waals surface area contributed by atoms with Gasteiger partial charge in [0, 0.05) is 32.3 Å². The highest BCUT2D eigenvalue weighted by Crippen LogP contribution is 2.26. The number of aromatic nitrogens is 1. The van der Waals surface area contributed by atoms with Crippen molar-refractivity contribution in [2.75, 3.05) is 16.4 Å². The highest BCUT2D eigenvalue weighted by molar-refractivity contribution is 8.00. The molecule has 0 aliphatic carbocycles. The summed E-state index contributed by atoms with van der Waals surface area (Å²) in [5.74, 6) is -0.245. The van der Waals surface area contributed by atoms with Crippen molar-refractivity contribution in [2.24, 2.45) is 0 Å². The molecule has 0 aliphatic heterocycles. The maximum Gasteiger partial charge on any atom is 0.272 e. The van der Waals surface area contributed by atoms with Gasteiger partial charge in [-0.05, 0) is 90.3 Å². The van der Waals surface area contributed by atoms with Crippen molar-refractivity contribution >= 4 is 69.4 Å². The van der Waals surface area contributed by atoms with Gasteiger partial charge < -0.3 is 20.4 Å². The molecule has 0 bridgehead atoms. The summed E-state index contributed by atoms with van der Waals surface area (Å²) in [6.07, 6.45) is 1.65. The summed E-state index contributed by atoms with van der Waals surface area (Å²) in [6, 6.07) is 34.5. The van der Waals surface area contributed by atoms with Gasteiger partial charge in [-0.1, -0.05) is 36.4 Å². The van der Waals surface area contributed by atoms with Crippen molar-refractivity contribution < 1.29 is 18.8 Å². The maximum atomic E-state index is 13.2. The number of oxazole rings is 1. The Kier molecular flexibility index (Phi) is 9.14. The van der Waals surface area contributed by atoms with Crippen LogP contribution in [0.15, 0.2) is 136 Å². The van der Waals surface area contributed by atoms with Crippen molar-refractivity contribution in [1.82, 2.24) is 10.3 Å². The molecule has 2 aromatic heterocycles. The molecule has 45 heavy (non-hydrogen) atoms. The summed E-state index contributed by atoms with van der Waals surface area (Å²) in [5.41, 5.74) is 4.13. The lowest BCUT2D eigenvalue weighted by molar-refractivity contribution is -0.114. The van der Waals surface area contributed by atoms with Gasteiger partial charge in [-0.25, -0.2) is 4.98 Å². The molecule has 3 N–H and O–H groups in total. The number of thiophene rings is 1. The first-order valence-corrected chi connectivity index (χ1v) is 15.8. The first-order chi connectivity index (χ1) is 22.0. The van der Waals surface area contributed by atoms with E-state index in [1.54, 1.807) is 42.5 Å². The lowest BCUT2D eigenvalue weighted by Gasteiger charge is -2.11.